The number of nitroso groups, excluding NO2 is 1. The summed E-state index contributed by atoms with van der Waals surface area (Å²) in [5.74, 6) is 0. The van der Waals surface area contributed by atoms with Gasteiger partial charge in [0, 0.05) is 7.05 Å². The summed E-state index contributed by atoms with van der Waals surface area (Å²) in [6.45, 7) is -0.605. The van der Waals surface area contributed by atoms with Crippen molar-refractivity contribution in [2.45, 2.75) is 30.6 Å². The number of amides is 2. The quantitative estimate of drug-likeness (QED) is 0.271. The van der Waals surface area contributed by atoms with Crippen molar-refractivity contribution in [3.05, 3.63) is 4.91 Å². The molecule has 2 amide bonds. The molecule has 0 aliphatic carbocycles. The van der Waals surface area contributed by atoms with E-state index >= 15 is 0 Å². The van der Waals surface area contributed by atoms with Crippen molar-refractivity contribution in [3.8, 4) is 0 Å². The van der Waals surface area contributed by atoms with Crippen LogP contribution in [0.1, 0.15) is 0 Å². The van der Waals surface area contributed by atoms with Crippen molar-refractivity contribution in [1.82, 2.24) is 10.3 Å². The third kappa shape index (κ3) is 2.91. The van der Waals surface area contributed by atoms with Crippen molar-refractivity contribution in [1.29, 1.82) is 0 Å². The van der Waals surface area contributed by atoms with Crippen molar-refractivity contribution in [2.24, 2.45) is 5.29 Å². The molecule has 5 atom stereocenters. The van der Waals surface area contributed by atoms with E-state index in [1.165, 1.54) is 0 Å². The Bertz CT molecular complexity index is 315. The average molecular weight is 265 g/mol. The van der Waals surface area contributed by atoms with Crippen LogP contribution in [-0.4, -0.2) is 75.8 Å². The zero-order valence-corrected chi connectivity index (χ0v) is 9.50. The Hall–Kier alpha value is -1.33. The van der Waals surface area contributed by atoms with E-state index in [-0.39, 0.29) is 0 Å². The van der Waals surface area contributed by atoms with Gasteiger partial charge in [0.1, 0.15) is 24.4 Å². The highest BCUT2D eigenvalue weighted by Gasteiger charge is 2.44. The van der Waals surface area contributed by atoms with Crippen LogP contribution in [0.2, 0.25) is 0 Å². The molecule has 0 spiro atoms. The highest BCUT2D eigenvalue weighted by molar-refractivity contribution is 5.73. The Morgan fingerprint density at radius 3 is 2.50 bits per heavy atom. The topological polar surface area (TPSA) is 152 Å². The molecule has 10 nitrogen and oxygen atoms in total. The number of nitrogens with zero attached hydrogens (tertiary/aromatic N) is 2. The minimum atomic E-state index is -1.63. The second-order valence-corrected chi connectivity index (χ2v) is 3.81. The normalized spacial score (nSPS) is 35.9. The molecule has 1 aliphatic heterocycles. The molecule has 1 rings (SSSR count). The van der Waals surface area contributed by atoms with Gasteiger partial charge in [-0.25, -0.2) is 4.79 Å². The first-order valence-corrected chi connectivity index (χ1v) is 5.10. The number of aliphatic hydroxyl groups excluding tert-OH is 4. The second kappa shape index (κ2) is 6.02. The summed E-state index contributed by atoms with van der Waals surface area (Å²) in [5, 5.41) is 42.4. The molecule has 0 radical (unpaired) electrons. The van der Waals surface area contributed by atoms with Crippen molar-refractivity contribution in [3.63, 3.8) is 0 Å². The van der Waals surface area contributed by atoms with Gasteiger partial charge in [0.25, 0.3) is 0 Å². The molecule has 104 valence electrons. The number of hydrogen-bond donors (Lipinski definition) is 5. The number of nitrogens with one attached hydrogen (secondary N) is 1. The van der Waals surface area contributed by atoms with Crippen LogP contribution < -0.4 is 5.32 Å². The van der Waals surface area contributed by atoms with E-state index in [4.69, 9.17) is 9.84 Å². The van der Waals surface area contributed by atoms with E-state index in [1.54, 1.807) is 0 Å². The fraction of sp³-hybridized carbons (Fsp3) is 0.875. The lowest BCUT2D eigenvalue weighted by Gasteiger charge is -2.40. The van der Waals surface area contributed by atoms with Gasteiger partial charge in [-0.05, 0) is 0 Å². The van der Waals surface area contributed by atoms with E-state index < -0.39 is 43.3 Å². The predicted molar refractivity (Wildman–Crippen MR) is 55.9 cm³/mol. The lowest BCUT2D eigenvalue weighted by molar-refractivity contribution is -0.252. The molecule has 18 heavy (non-hydrogen) atoms. The Labute approximate surface area is 102 Å². The molecule has 1 aliphatic rings. The van der Waals surface area contributed by atoms with Gasteiger partial charge in [-0.15, -0.1) is 4.91 Å². The molecule has 1 saturated heterocycles. The molecular formula is C8H15N3O7. The van der Waals surface area contributed by atoms with Gasteiger partial charge in [-0.1, -0.05) is 0 Å². The van der Waals surface area contributed by atoms with Crippen LogP contribution in [-0.2, 0) is 4.74 Å². The zero-order valence-electron chi connectivity index (χ0n) is 9.50. The van der Waals surface area contributed by atoms with Crippen LogP contribution in [0.3, 0.4) is 0 Å². The largest absolute Gasteiger partial charge is 0.394 e. The van der Waals surface area contributed by atoms with Crippen molar-refractivity contribution < 1.29 is 30.0 Å². The highest BCUT2D eigenvalue weighted by atomic mass is 16.6. The Morgan fingerprint density at radius 1 is 1.39 bits per heavy atom. The lowest BCUT2D eigenvalue weighted by atomic mass is 9.97. The van der Waals surface area contributed by atoms with E-state index in [0.717, 1.165) is 7.05 Å². The Balaban J connectivity index is 2.71. The monoisotopic (exact) mass is 265 g/mol. The van der Waals surface area contributed by atoms with Gasteiger partial charge in [-0.3, -0.25) is 0 Å². The van der Waals surface area contributed by atoms with Gasteiger partial charge < -0.3 is 30.5 Å². The second-order valence-electron chi connectivity index (χ2n) is 3.81. The first-order valence-electron chi connectivity index (χ1n) is 5.10. The molecule has 0 saturated carbocycles. The molecule has 0 aromatic carbocycles. The number of aliphatic hydroxyl groups is 4. The van der Waals surface area contributed by atoms with Gasteiger partial charge in [0.15, 0.2) is 6.29 Å². The van der Waals surface area contributed by atoms with Crippen LogP contribution in [0.25, 0.3) is 0 Å². The molecule has 1 heterocycles. The third-order valence-electron chi connectivity index (χ3n) is 2.61. The van der Waals surface area contributed by atoms with E-state index in [2.05, 4.69) is 10.6 Å². The zero-order chi connectivity index (χ0) is 13.9. The number of urea groups is 1. The number of ether oxygens (including phenoxy) is 1. The lowest BCUT2D eigenvalue weighted by Crippen LogP contribution is -2.64. The highest BCUT2D eigenvalue weighted by Crippen LogP contribution is 2.19. The summed E-state index contributed by atoms with van der Waals surface area (Å²) in [4.78, 5) is 21.4. The maximum absolute atomic E-state index is 11.3. The summed E-state index contributed by atoms with van der Waals surface area (Å²) in [7, 11) is 1.07. The summed E-state index contributed by atoms with van der Waals surface area (Å²) in [6.07, 6.45) is -5.84. The maximum atomic E-state index is 11.3. The fourth-order valence-electron chi connectivity index (χ4n) is 1.53. The summed E-state index contributed by atoms with van der Waals surface area (Å²) >= 11 is 0. The molecule has 1 fully saturated rings. The van der Waals surface area contributed by atoms with Gasteiger partial charge in [0.2, 0.25) is 0 Å². The standard InChI is InChI=1S/C8H15N3O7/c1-11(10-17)8(16)9-4-6(14)5(13)3(2-12)18-7(4)15/h3-7,12-15H,2H2,1H3,(H,9,16)/t3?,4-,5+,6?,7-/m0/s1. The fourth-order valence-corrected chi connectivity index (χ4v) is 1.53. The summed E-state index contributed by atoms with van der Waals surface area (Å²) in [6, 6.07) is -2.33. The first-order chi connectivity index (χ1) is 8.42. The van der Waals surface area contributed by atoms with Crippen LogP contribution in [0.4, 0.5) is 4.79 Å². The molecule has 5 N–H and O–H groups in total. The van der Waals surface area contributed by atoms with Gasteiger partial charge in [-0.2, -0.15) is 5.01 Å². The SMILES string of the molecule is CN(N=O)C(=O)N[C@H]1C(O)[C@H](O)C(CO)O[C@@H]1O. The average Bonchev–Trinajstić information content (AvgIpc) is 2.37. The van der Waals surface area contributed by atoms with Crippen LogP contribution in [0.15, 0.2) is 5.29 Å². The smallest absolute Gasteiger partial charge is 0.340 e. The molecule has 0 bridgehead atoms. The summed E-state index contributed by atoms with van der Waals surface area (Å²) in [5.41, 5.74) is 0. The van der Waals surface area contributed by atoms with Crippen molar-refractivity contribution >= 4 is 6.03 Å². The minimum absolute atomic E-state index is 0.407. The Kier molecular flexibility index (Phi) is 4.93. The van der Waals surface area contributed by atoms with Crippen LogP contribution >= 0.6 is 0 Å². The van der Waals surface area contributed by atoms with Gasteiger partial charge in [0.05, 0.1) is 11.9 Å². The van der Waals surface area contributed by atoms with Crippen LogP contribution in [0, 0.1) is 4.91 Å². The van der Waals surface area contributed by atoms with E-state index in [9.17, 15) is 25.0 Å². The van der Waals surface area contributed by atoms with E-state index in [1.807, 2.05) is 0 Å². The minimum Gasteiger partial charge on any atom is -0.394 e. The molecule has 10 heteroatoms. The van der Waals surface area contributed by atoms with Gasteiger partial charge >= 0.3 is 6.03 Å². The van der Waals surface area contributed by atoms with Crippen LogP contribution in [0.5, 0.6) is 0 Å². The number of rotatable bonds is 3. The number of carbonyl (C=O) groups excluding carboxylic acids is 1. The summed E-state index contributed by atoms with van der Waals surface area (Å²) < 4.78 is 4.80. The predicted octanol–water partition coefficient (Wildman–Crippen LogP) is -2.89. The molecular weight excluding hydrogens is 250 g/mol. The maximum Gasteiger partial charge on any atom is 0.340 e. The molecule has 2 unspecified atom stereocenters. The Morgan fingerprint density at radius 2 is 2.00 bits per heavy atom. The molecule has 0 aromatic heterocycles. The molecule has 0 aromatic rings. The van der Waals surface area contributed by atoms with Crippen molar-refractivity contribution in [2.75, 3.05) is 13.7 Å². The third-order valence-corrected chi connectivity index (χ3v) is 2.61. The van der Waals surface area contributed by atoms with E-state index in [0.29, 0.717) is 5.01 Å². The number of hydrogen-bond acceptors (Lipinski definition) is 8. The first kappa shape index (κ1) is 14.7. The number of carbonyl (C=O) groups is 1.